The minimum absolute atomic E-state index is 0.328. The molecule has 0 radical (unpaired) electrons. The van der Waals surface area contributed by atoms with Crippen molar-refractivity contribution < 1.29 is 60.7 Å². The molecule has 2 heterocycles. The van der Waals surface area contributed by atoms with Gasteiger partial charge in [-0.15, -0.1) is 0 Å². The van der Waals surface area contributed by atoms with Crippen molar-refractivity contribution in [3.05, 3.63) is 36.9 Å². The molecule has 11 nitrogen and oxygen atoms in total. The number of hydrogen-bond donors (Lipinski definition) is 3. The minimum Gasteiger partial charge on any atom is -0.542 e. The second kappa shape index (κ2) is 12.8. The number of aliphatic carboxylic acids is 3. The molecule has 182 valence electrons. The van der Waals surface area contributed by atoms with Gasteiger partial charge in [-0.1, -0.05) is 4.68 Å². The number of carboxylic acids is 3. The molecule has 0 fully saturated rings. The summed E-state index contributed by atoms with van der Waals surface area (Å²) in [5.74, 6) is -6.17. The minimum atomic E-state index is -5.19. The molecular formula is C16H15F6N5O6. The molecule has 0 bridgehead atoms. The summed E-state index contributed by atoms with van der Waals surface area (Å²) in [6, 6.07) is 2.70. The van der Waals surface area contributed by atoms with Gasteiger partial charge in [-0.2, -0.15) is 26.3 Å². The molecule has 17 heteroatoms. The summed E-state index contributed by atoms with van der Waals surface area (Å²) < 4.78 is 64.9. The number of hydrogen-bond acceptors (Lipinski definition) is 8. The SMILES string of the molecule is N[C@@H](CC[n+]1ccc(-c2ncccn2)cn1)C(=O)O.O=C(O)C(F)(F)F.O=C([O-])C(F)(F)F. The number of halogens is 6. The van der Waals surface area contributed by atoms with Gasteiger partial charge in [-0.3, -0.25) is 4.79 Å². The van der Waals surface area contributed by atoms with Crippen molar-refractivity contribution in [3.8, 4) is 11.4 Å². The van der Waals surface area contributed by atoms with Gasteiger partial charge in [0, 0.05) is 30.4 Å². The summed E-state index contributed by atoms with van der Waals surface area (Å²) in [4.78, 5) is 36.5. The molecule has 0 saturated carbocycles. The first kappa shape index (κ1) is 29.1. The Morgan fingerprint density at radius 1 is 1.06 bits per heavy atom. The van der Waals surface area contributed by atoms with E-state index in [-0.39, 0.29) is 0 Å². The summed E-state index contributed by atoms with van der Waals surface area (Å²) in [5, 5.41) is 28.8. The maximum absolute atomic E-state index is 10.6. The zero-order valence-corrected chi connectivity index (χ0v) is 16.1. The molecule has 0 aromatic carbocycles. The van der Waals surface area contributed by atoms with Gasteiger partial charge in [-0.05, 0) is 11.2 Å². The van der Waals surface area contributed by atoms with E-state index in [2.05, 4.69) is 15.1 Å². The van der Waals surface area contributed by atoms with Gasteiger partial charge in [0.1, 0.15) is 18.2 Å². The van der Waals surface area contributed by atoms with Gasteiger partial charge in [0.2, 0.25) is 0 Å². The first-order valence-electron chi connectivity index (χ1n) is 8.25. The first-order chi connectivity index (χ1) is 15.1. The van der Waals surface area contributed by atoms with Gasteiger partial charge in [0.05, 0.1) is 0 Å². The molecular weight excluding hydrogens is 472 g/mol. The van der Waals surface area contributed by atoms with Crippen LogP contribution in [0.5, 0.6) is 0 Å². The molecule has 0 aliphatic rings. The van der Waals surface area contributed by atoms with Crippen molar-refractivity contribution in [1.82, 2.24) is 15.1 Å². The molecule has 0 spiro atoms. The Labute approximate surface area is 180 Å². The van der Waals surface area contributed by atoms with E-state index in [0.717, 1.165) is 5.56 Å². The molecule has 1 atom stereocenters. The standard InChI is InChI=1S/C12H13N5O2.2C2HF3O2/c13-10(12(18)19)3-7-17-6-2-9(8-16-17)11-14-4-1-5-15-11;2*3-2(4,5)1(6)7/h1-2,4-6,8,10H,3,7,13H2;2*(H,6,7)/t10-;;/m0../s1. The summed E-state index contributed by atoms with van der Waals surface area (Å²) in [6.07, 6.45) is -3.24. The number of aromatic nitrogens is 4. The van der Waals surface area contributed by atoms with Crippen LogP contribution in [0.15, 0.2) is 36.9 Å². The lowest BCUT2D eigenvalue weighted by Crippen LogP contribution is -2.42. The molecule has 4 N–H and O–H groups in total. The van der Waals surface area contributed by atoms with Crippen molar-refractivity contribution in [3.63, 3.8) is 0 Å². The Morgan fingerprint density at radius 3 is 1.88 bits per heavy atom. The summed E-state index contributed by atoms with van der Waals surface area (Å²) in [5.41, 5.74) is 6.23. The van der Waals surface area contributed by atoms with Crippen LogP contribution in [0, 0.1) is 0 Å². The molecule has 2 aromatic rings. The maximum atomic E-state index is 10.6. The lowest BCUT2D eigenvalue weighted by atomic mass is 10.2. The van der Waals surface area contributed by atoms with E-state index in [0.29, 0.717) is 18.8 Å². The van der Waals surface area contributed by atoms with Crippen molar-refractivity contribution in [2.45, 2.75) is 31.4 Å². The number of carbonyl (C=O) groups excluding carboxylic acids is 1. The van der Waals surface area contributed by atoms with Crippen molar-refractivity contribution in [1.29, 1.82) is 0 Å². The van der Waals surface area contributed by atoms with E-state index < -0.39 is 36.3 Å². The molecule has 0 amide bonds. The molecule has 0 saturated heterocycles. The third-order valence-electron chi connectivity index (χ3n) is 3.06. The second-order valence-electron chi connectivity index (χ2n) is 5.57. The predicted molar refractivity (Wildman–Crippen MR) is 90.4 cm³/mol. The molecule has 0 aliphatic carbocycles. The average molecular weight is 487 g/mol. The Balaban J connectivity index is 0.000000605. The van der Waals surface area contributed by atoms with Gasteiger partial charge in [-0.25, -0.2) is 14.8 Å². The van der Waals surface area contributed by atoms with Crippen LogP contribution in [0.3, 0.4) is 0 Å². The van der Waals surface area contributed by atoms with Gasteiger partial charge < -0.3 is 25.8 Å². The number of carbonyl (C=O) groups is 3. The molecule has 2 aromatic heterocycles. The summed E-state index contributed by atoms with van der Waals surface area (Å²) >= 11 is 0. The fourth-order valence-electron chi connectivity index (χ4n) is 1.49. The molecule has 2 rings (SSSR count). The van der Waals surface area contributed by atoms with Crippen LogP contribution in [-0.4, -0.2) is 61.6 Å². The van der Waals surface area contributed by atoms with Gasteiger partial charge in [0.25, 0.3) is 0 Å². The Hall–Kier alpha value is -3.89. The van der Waals surface area contributed by atoms with Crippen LogP contribution in [0.1, 0.15) is 6.42 Å². The predicted octanol–water partition coefficient (Wildman–Crippen LogP) is -0.440. The maximum Gasteiger partial charge on any atom is 0.490 e. The monoisotopic (exact) mass is 487 g/mol. The van der Waals surface area contributed by atoms with E-state index in [1.165, 1.54) is 0 Å². The summed E-state index contributed by atoms with van der Waals surface area (Å²) in [6.45, 7) is 0.448. The topological polar surface area (TPSA) is 183 Å². The Bertz CT molecular complexity index is 885. The van der Waals surface area contributed by atoms with Crippen LogP contribution in [0.25, 0.3) is 11.4 Å². The highest BCUT2D eigenvalue weighted by Gasteiger charge is 2.38. The number of rotatable bonds is 5. The molecule has 33 heavy (non-hydrogen) atoms. The largest absolute Gasteiger partial charge is 0.542 e. The highest BCUT2D eigenvalue weighted by molar-refractivity contribution is 5.73. The third-order valence-corrected chi connectivity index (χ3v) is 3.06. The van der Waals surface area contributed by atoms with E-state index in [4.69, 9.17) is 30.6 Å². The molecule has 0 unspecified atom stereocenters. The number of alkyl halides is 6. The van der Waals surface area contributed by atoms with E-state index in [1.54, 1.807) is 35.5 Å². The zero-order valence-electron chi connectivity index (χ0n) is 16.1. The first-order valence-corrected chi connectivity index (χ1v) is 8.25. The lowest BCUT2D eigenvalue weighted by molar-refractivity contribution is -0.754. The number of carboxylic acid groups (broad SMARTS) is 3. The quantitative estimate of drug-likeness (QED) is 0.369. The van der Waals surface area contributed by atoms with Crippen LogP contribution in [-0.2, 0) is 20.9 Å². The van der Waals surface area contributed by atoms with Crippen LogP contribution < -0.4 is 15.5 Å². The summed E-state index contributed by atoms with van der Waals surface area (Å²) in [7, 11) is 0. The van der Waals surface area contributed by atoms with Gasteiger partial charge >= 0.3 is 24.3 Å². The highest BCUT2D eigenvalue weighted by atomic mass is 19.4. The lowest BCUT2D eigenvalue weighted by Gasteiger charge is -2.03. The fraction of sp³-hybridized carbons (Fsp3) is 0.312. The zero-order chi connectivity index (χ0) is 25.8. The smallest absolute Gasteiger partial charge is 0.490 e. The average Bonchev–Trinajstić information content (AvgIpc) is 2.72. The van der Waals surface area contributed by atoms with Gasteiger partial charge in [0.15, 0.2) is 18.6 Å². The third kappa shape index (κ3) is 12.5. The fourth-order valence-corrected chi connectivity index (χ4v) is 1.49. The van der Waals surface area contributed by atoms with E-state index in [1.807, 2.05) is 6.07 Å². The van der Waals surface area contributed by atoms with E-state index in [9.17, 15) is 31.1 Å². The number of aryl methyl sites for hydroxylation is 1. The van der Waals surface area contributed by atoms with Crippen LogP contribution in [0.4, 0.5) is 26.3 Å². The molecule has 0 aliphatic heterocycles. The van der Waals surface area contributed by atoms with E-state index >= 15 is 0 Å². The van der Waals surface area contributed by atoms with Crippen molar-refractivity contribution >= 4 is 17.9 Å². The second-order valence-corrected chi connectivity index (χ2v) is 5.57. The number of nitrogens with two attached hydrogens (primary N) is 1. The Kier molecular flexibility index (Phi) is 11.3. The van der Waals surface area contributed by atoms with Crippen molar-refractivity contribution in [2.24, 2.45) is 5.73 Å². The van der Waals surface area contributed by atoms with Crippen LogP contribution in [0.2, 0.25) is 0 Å². The number of nitrogens with zero attached hydrogens (tertiary/aromatic N) is 4. The van der Waals surface area contributed by atoms with Crippen LogP contribution >= 0.6 is 0 Å². The van der Waals surface area contributed by atoms with Crippen molar-refractivity contribution in [2.75, 3.05) is 0 Å². The Morgan fingerprint density at radius 2 is 1.55 bits per heavy atom. The highest BCUT2D eigenvalue weighted by Crippen LogP contribution is 2.13. The normalized spacial score (nSPS) is 11.7.